The highest BCUT2D eigenvalue weighted by Crippen LogP contribution is 2.30. The summed E-state index contributed by atoms with van der Waals surface area (Å²) in [6, 6.07) is 8.37. The van der Waals surface area contributed by atoms with Crippen LogP contribution in [-0.2, 0) is 17.6 Å². The van der Waals surface area contributed by atoms with Crippen molar-refractivity contribution in [3.8, 4) is 0 Å². The van der Waals surface area contributed by atoms with Gasteiger partial charge in [-0.1, -0.05) is 12.1 Å². The summed E-state index contributed by atoms with van der Waals surface area (Å²) in [5.74, 6) is 2.41. The summed E-state index contributed by atoms with van der Waals surface area (Å²) < 4.78 is 5.88. The predicted octanol–water partition coefficient (Wildman–Crippen LogP) is 2.78. The van der Waals surface area contributed by atoms with Crippen LogP contribution in [0.1, 0.15) is 23.6 Å². The normalized spacial score (nSPS) is 20.1. The minimum Gasteiger partial charge on any atom is -0.352 e. The van der Waals surface area contributed by atoms with Crippen LogP contribution >= 0.6 is 11.5 Å². The molecule has 0 bridgehead atoms. The number of carbonyl (C=O) groups excluding carboxylic acids is 1. The van der Waals surface area contributed by atoms with E-state index >= 15 is 0 Å². The van der Waals surface area contributed by atoms with Crippen LogP contribution in [0.3, 0.4) is 0 Å². The number of nitrogens with zero attached hydrogens (tertiary/aromatic N) is 4. The average molecular weight is 382 g/mol. The van der Waals surface area contributed by atoms with Crippen LogP contribution in [0, 0.1) is 12.8 Å². The van der Waals surface area contributed by atoms with Crippen molar-refractivity contribution < 1.29 is 4.79 Å². The molecule has 1 aliphatic carbocycles. The second kappa shape index (κ2) is 6.64. The predicted molar refractivity (Wildman–Crippen MR) is 107 cm³/mol. The SMILES string of the molecule is Cc1nc2c([nH]1)C[C@@H](C(=O)N1CCN(c3nsc4ccccc34)CC1)CC2. The number of carbonyl (C=O) groups is 1. The van der Waals surface area contributed by atoms with Crippen molar-refractivity contribution in [2.75, 3.05) is 31.1 Å². The smallest absolute Gasteiger partial charge is 0.226 e. The second-order valence-electron chi connectivity index (χ2n) is 7.50. The Hall–Kier alpha value is -2.41. The topological polar surface area (TPSA) is 65.1 Å². The Morgan fingerprint density at radius 1 is 1.22 bits per heavy atom. The van der Waals surface area contributed by atoms with E-state index < -0.39 is 0 Å². The molecule has 7 heteroatoms. The zero-order valence-electron chi connectivity index (χ0n) is 15.4. The molecule has 1 N–H and O–H groups in total. The molecule has 0 saturated carbocycles. The zero-order chi connectivity index (χ0) is 18.4. The van der Waals surface area contributed by atoms with Crippen LogP contribution in [0.25, 0.3) is 10.1 Å². The van der Waals surface area contributed by atoms with Crippen molar-refractivity contribution in [1.29, 1.82) is 0 Å². The maximum atomic E-state index is 13.0. The van der Waals surface area contributed by atoms with Gasteiger partial charge in [0, 0.05) is 49.6 Å². The number of nitrogens with one attached hydrogen (secondary N) is 1. The Morgan fingerprint density at radius 3 is 2.89 bits per heavy atom. The number of piperazine rings is 1. The van der Waals surface area contributed by atoms with E-state index in [4.69, 9.17) is 0 Å². The number of aryl methyl sites for hydroxylation is 2. The van der Waals surface area contributed by atoms with Gasteiger partial charge in [0.05, 0.1) is 10.4 Å². The maximum Gasteiger partial charge on any atom is 0.226 e. The Labute approximate surface area is 162 Å². The molecule has 6 nitrogen and oxygen atoms in total. The number of H-pyrrole nitrogens is 1. The summed E-state index contributed by atoms with van der Waals surface area (Å²) in [5, 5.41) is 1.22. The summed E-state index contributed by atoms with van der Waals surface area (Å²) >= 11 is 1.55. The van der Waals surface area contributed by atoms with E-state index in [-0.39, 0.29) is 5.92 Å². The highest BCUT2D eigenvalue weighted by molar-refractivity contribution is 7.13. The monoisotopic (exact) mass is 381 g/mol. The van der Waals surface area contributed by atoms with Gasteiger partial charge in [-0.15, -0.1) is 0 Å². The molecule has 2 aromatic heterocycles. The molecule has 0 spiro atoms. The number of aromatic amines is 1. The minimum absolute atomic E-state index is 0.0870. The Bertz CT molecular complexity index is 985. The Kier molecular flexibility index (Phi) is 4.11. The number of amides is 1. The number of benzene rings is 1. The fourth-order valence-corrected chi connectivity index (χ4v) is 5.13. The van der Waals surface area contributed by atoms with Gasteiger partial charge in [0.25, 0.3) is 0 Å². The van der Waals surface area contributed by atoms with Crippen LogP contribution in [0.2, 0.25) is 0 Å². The molecule has 3 aromatic rings. The highest BCUT2D eigenvalue weighted by atomic mass is 32.1. The molecule has 1 amide bonds. The average Bonchev–Trinajstić information content (AvgIpc) is 3.29. The van der Waals surface area contributed by atoms with E-state index in [0.29, 0.717) is 5.91 Å². The summed E-state index contributed by atoms with van der Waals surface area (Å²) in [7, 11) is 0. The van der Waals surface area contributed by atoms with Crippen molar-refractivity contribution in [3.63, 3.8) is 0 Å². The largest absolute Gasteiger partial charge is 0.352 e. The minimum atomic E-state index is 0.0870. The number of anilines is 1. The highest BCUT2D eigenvalue weighted by Gasteiger charge is 2.32. The lowest BCUT2D eigenvalue weighted by Crippen LogP contribution is -2.51. The van der Waals surface area contributed by atoms with Crippen LogP contribution < -0.4 is 4.90 Å². The molecule has 2 aliphatic rings. The molecule has 1 aliphatic heterocycles. The second-order valence-corrected chi connectivity index (χ2v) is 8.31. The third-order valence-corrected chi connectivity index (χ3v) is 6.58. The fraction of sp³-hybridized carbons (Fsp3) is 0.450. The molecule has 140 valence electrons. The first kappa shape index (κ1) is 16.7. The standard InChI is InChI=1S/C20H23N5OS/c1-13-21-16-7-6-14(12-17(16)22-13)20(26)25-10-8-24(9-11-25)19-15-4-2-3-5-18(15)27-23-19/h2-5,14H,6-12H2,1H3,(H,21,22)/t14-/m0/s1. The van der Waals surface area contributed by atoms with Gasteiger partial charge in [-0.3, -0.25) is 4.79 Å². The molecule has 27 heavy (non-hydrogen) atoms. The molecule has 1 atom stereocenters. The fourth-order valence-electron chi connectivity index (χ4n) is 4.33. The van der Waals surface area contributed by atoms with Crippen molar-refractivity contribution in [2.45, 2.75) is 26.2 Å². The number of aromatic nitrogens is 3. The van der Waals surface area contributed by atoms with E-state index in [9.17, 15) is 4.79 Å². The van der Waals surface area contributed by atoms with Crippen LogP contribution in [-0.4, -0.2) is 51.3 Å². The first-order valence-electron chi connectivity index (χ1n) is 9.61. The van der Waals surface area contributed by atoms with Crippen molar-refractivity contribution in [1.82, 2.24) is 19.2 Å². The van der Waals surface area contributed by atoms with E-state index in [1.165, 1.54) is 10.1 Å². The number of rotatable bonds is 2. The molecule has 0 unspecified atom stereocenters. The molecule has 5 rings (SSSR count). The van der Waals surface area contributed by atoms with Gasteiger partial charge < -0.3 is 14.8 Å². The first-order chi connectivity index (χ1) is 13.2. The van der Waals surface area contributed by atoms with Gasteiger partial charge in [-0.05, 0) is 43.4 Å². The van der Waals surface area contributed by atoms with Gasteiger partial charge in [0.15, 0.2) is 0 Å². The van der Waals surface area contributed by atoms with Crippen LogP contribution in [0.4, 0.5) is 5.82 Å². The molecular formula is C20H23N5OS. The van der Waals surface area contributed by atoms with Crippen LogP contribution in [0.15, 0.2) is 24.3 Å². The summed E-state index contributed by atoms with van der Waals surface area (Å²) in [6.07, 6.45) is 2.61. The lowest BCUT2D eigenvalue weighted by Gasteiger charge is -2.37. The Balaban J connectivity index is 1.25. The third-order valence-electron chi connectivity index (χ3n) is 5.76. The number of hydrogen-bond donors (Lipinski definition) is 1. The van der Waals surface area contributed by atoms with Gasteiger partial charge in [-0.25, -0.2) is 4.98 Å². The quantitative estimate of drug-likeness (QED) is 0.741. The molecular weight excluding hydrogens is 358 g/mol. The van der Waals surface area contributed by atoms with E-state index in [1.54, 1.807) is 11.5 Å². The summed E-state index contributed by atoms with van der Waals surface area (Å²) in [4.78, 5) is 25.3. The zero-order valence-corrected chi connectivity index (χ0v) is 16.3. The Morgan fingerprint density at radius 2 is 2.04 bits per heavy atom. The first-order valence-corrected chi connectivity index (χ1v) is 10.4. The van der Waals surface area contributed by atoms with Gasteiger partial charge in [-0.2, -0.15) is 4.37 Å². The number of fused-ring (bicyclic) bond motifs is 2. The molecule has 1 fully saturated rings. The summed E-state index contributed by atoms with van der Waals surface area (Å²) in [6.45, 7) is 5.23. The lowest BCUT2D eigenvalue weighted by atomic mass is 9.88. The summed E-state index contributed by atoms with van der Waals surface area (Å²) in [5.41, 5.74) is 2.31. The van der Waals surface area contributed by atoms with Crippen molar-refractivity contribution in [3.05, 3.63) is 41.5 Å². The van der Waals surface area contributed by atoms with E-state index in [1.807, 2.05) is 11.8 Å². The van der Waals surface area contributed by atoms with E-state index in [2.05, 4.69) is 43.5 Å². The number of hydrogen-bond acceptors (Lipinski definition) is 5. The lowest BCUT2D eigenvalue weighted by molar-refractivity contribution is -0.136. The van der Waals surface area contributed by atoms with Crippen molar-refractivity contribution in [2.24, 2.45) is 5.92 Å². The molecule has 1 saturated heterocycles. The van der Waals surface area contributed by atoms with Gasteiger partial charge in [0.2, 0.25) is 5.91 Å². The van der Waals surface area contributed by atoms with E-state index in [0.717, 1.165) is 68.5 Å². The molecule has 0 radical (unpaired) electrons. The van der Waals surface area contributed by atoms with Crippen LogP contribution in [0.5, 0.6) is 0 Å². The third kappa shape index (κ3) is 3.00. The maximum absolute atomic E-state index is 13.0. The van der Waals surface area contributed by atoms with Gasteiger partial charge in [0.1, 0.15) is 11.6 Å². The number of imidazole rings is 1. The van der Waals surface area contributed by atoms with Crippen molar-refractivity contribution >= 4 is 33.3 Å². The molecule has 1 aromatic carbocycles. The van der Waals surface area contributed by atoms with Gasteiger partial charge >= 0.3 is 0 Å². The molecule has 3 heterocycles.